The smallest absolute Gasteiger partial charge is 0.337 e. The SMILES string of the molecule is CNC(=O)c1cnc(-c2cc(C(=O)OC)ccn2)n1CCc1ccc(Cl)cc1. The van der Waals surface area contributed by atoms with Crippen molar-refractivity contribution in [3.63, 3.8) is 0 Å². The van der Waals surface area contributed by atoms with Crippen molar-refractivity contribution in [1.82, 2.24) is 19.9 Å². The van der Waals surface area contributed by atoms with Gasteiger partial charge in [0.15, 0.2) is 5.82 Å². The predicted octanol–water partition coefficient (Wildman–Crippen LogP) is 2.99. The van der Waals surface area contributed by atoms with Gasteiger partial charge in [0.2, 0.25) is 0 Å². The lowest BCUT2D eigenvalue weighted by atomic mass is 10.1. The lowest BCUT2D eigenvalue weighted by Gasteiger charge is -2.12. The Morgan fingerprint density at radius 3 is 2.61 bits per heavy atom. The molecule has 2 heterocycles. The first-order valence-corrected chi connectivity index (χ1v) is 8.98. The van der Waals surface area contributed by atoms with Crippen molar-refractivity contribution in [2.45, 2.75) is 13.0 Å². The number of hydrogen-bond acceptors (Lipinski definition) is 5. The van der Waals surface area contributed by atoms with E-state index in [1.54, 1.807) is 23.7 Å². The zero-order chi connectivity index (χ0) is 20.1. The van der Waals surface area contributed by atoms with Gasteiger partial charge in [0.05, 0.1) is 18.9 Å². The van der Waals surface area contributed by atoms with Crippen molar-refractivity contribution in [1.29, 1.82) is 0 Å². The lowest BCUT2D eigenvalue weighted by molar-refractivity contribution is 0.0600. The average Bonchev–Trinajstić information content (AvgIpc) is 3.16. The third-order valence-corrected chi connectivity index (χ3v) is 4.51. The number of imidazole rings is 1. The summed E-state index contributed by atoms with van der Waals surface area (Å²) >= 11 is 5.94. The Labute approximate surface area is 167 Å². The predicted molar refractivity (Wildman–Crippen MR) is 105 cm³/mol. The van der Waals surface area contributed by atoms with E-state index in [1.807, 2.05) is 24.3 Å². The molecule has 0 aliphatic carbocycles. The minimum absolute atomic E-state index is 0.251. The Hall–Kier alpha value is -3.19. The van der Waals surface area contributed by atoms with Crippen molar-refractivity contribution >= 4 is 23.5 Å². The van der Waals surface area contributed by atoms with Gasteiger partial charge in [-0.1, -0.05) is 23.7 Å². The number of carbonyl (C=O) groups excluding carboxylic acids is 2. The summed E-state index contributed by atoms with van der Waals surface area (Å²) < 4.78 is 6.55. The number of benzene rings is 1. The summed E-state index contributed by atoms with van der Waals surface area (Å²) in [6, 6.07) is 10.7. The van der Waals surface area contributed by atoms with Gasteiger partial charge >= 0.3 is 5.97 Å². The zero-order valence-corrected chi connectivity index (χ0v) is 16.2. The van der Waals surface area contributed by atoms with Crippen LogP contribution in [0.25, 0.3) is 11.5 Å². The molecule has 0 saturated carbocycles. The Balaban J connectivity index is 1.97. The molecule has 0 unspecified atom stereocenters. The van der Waals surface area contributed by atoms with Crippen LogP contribution in [0.1, 0.15) is 26.4 Å². The molecule has 0 atom stereocenters. The largest absolute Gasteiger partial charge is 0.465 e. The Kier molecular flexibility index (Phi) is 6.06. The summed E-state index contributed by atoms with van der Waals surface area (Å²) in [5.74, 6) is -0.216. The minimum Gasteiger partial charge on any atom is -0.465 e. The monoisotopic (exact) mass is 398 g/mol. The summed E-state index contributed by atoms with van der Waals surface area (Å²) in [6.45, 7) is 0.504. The van der Waals surface area contributed by atoms with Crippen LogP contribution < -0.4 is 5.32 Å². The van der Waals surface area contributed by atoms with Crippen molar-refractivity contribution < 1.29 is 14.3 Å². The quantitative estimate of drug-likeness (QED) is 0.645. The molecule has 0 radical (unpaired) electrons. The van der Waals surface area contributed by atoms with E-state index in [4.69, 9.17) is 16.3 Å². The molecule has 0 aliphatic heterocycles. The van der Waals surface area contributed by atoms with Gasteiger partial charge in [0, 0.05) is 24.8 Å². The highest BCUT2D eigenvalue weighted by Crippen LogP contribution is 2.20. The number of ether oxygens (including phenoxy) is 1. The first-order chi connectivity index (χ1) is 13.5. The normalized spacial score (nSPS) is 10.5. The number of pyridine rings is 1. The maximum atomic E-state index is 12.3. The molecule has 0 bridgehead atoms. The number of aromatic nitrogens is 3. The number of esters is 1. The van der Waals surface area contributed by atoms with E-state index < -0.39 is 5.97 Å². The summed E-state index contributed by atoms with van der Waals surface area (Å²) in [6.07, 6.45) is 3.68. The maximum absolute atomic E-state index is 12.3. The molecule has 3 rings (SSSR count). The van der Waals surface area contributed by atoms with Crippen LogP contribution in [-0.4, -0.2) is 40.6 Å². The van der Waals surface area contributed by atoms with Gasteiger partial charge in [0.1, 0.15) is 11.4 Å². The Morgan fingerprint density at radius 1 is 1.18 bits per heavy atom. The molecule has 1 amide bonds. The molecule has 8 heteroatoms. The molecule has 1 N–H and O–H groups in total. The number of nitrogens with one attached hydrogen (secondary N) is 1. The molecule has 0 fully saturated rings. The highest BCUT2D eigenvalue weighted by Gasteiger charge is 2.18. The molecule has 0 aliphatic rings. The van der Waals surface area contributed by atoms with Crippen LogP contribution in [0.3, 0.4) is 0 Å². The first-order valence-electron chi connectivity index (χ1n) is 8.60. The Bertz CT molecular complexity index is 999. The third-order valence-electron chi connectivity index (χ3n) is 4.26. The molecule has 3 aromatic rings. The number of hydrogen-bond donors (Lipinski definition) is 1. The topological polar surface area (TPSA) is 86.1 Å². The Morgan fingerprint density at radius 2 is 1.93 bits per heavy atom. The number of halogens is 1. The molecular weight excluding hydrogens is 380 g/mol. The minimum atomic E-state index is -0.463. The fourth-order valence-electron chi connectivity index (χ4n) is 2.81. The average molecular weight is 399 g/mol. The number of rotatable bonds is 6. The van der Waals surface area contributed by atoms with Gasteiger partial charge in [-0.2, -0.15) is 0 Å². The van der Waals surface area contributed by atoms with E-state index in [1.165, 1.54) is 19.5 Å². The van der Waals surface area contributed by atoms with E-state index in [9.17, 15) is 9.59 Å². The van der Waals surface area contributed by atoms with Crippen LogP contribution in [0.4, 0.5) is 0 Å². The van der Waals surface area contributed by atoms with Crippen LogP contribution in [0.15, 0.2) is 48.8 Å². The number of nitrogens with zero attached hydrogens (tertiary/aromatic N) is 3. The van der Waals surface area contributed by atoms with Gasteiger partial charge in [-0.25, -0.2) is 9.78 Å². The summed E-state index contributed by atoms with van der Waals surface area (Å²) in [4.78, 5) is 32.8. The number of carbonyl (C=O) groups is 2. The molecule has 1 aromatic carbocycles. The third kappa shape index (κ3) is 4.20. The summed E-state index contributed by atoms with van der Waals surface area (Å²) in [7, 11) is 2.88. The molecule has 2 aromatic heterocycles. The van der Waals surface area contributed by atoms with Crippen LogP contribution in [-0.2, 0) is 17.7 Å². The molecule has 7 nitrogen and oxygen atoms in total. The summed E-state index contributed by atoms with van der Waals surface area (Å²) in [5.41, 5.74) is 2.33. The maximum Gasteiger partial charge on any atom is 0.337 e. The fraction of sp³-hybridized carbons (Fsp3) is 0.200. The highest BCUT2D eigenvalue weighted by atomic mass is 35.5. The van der Waals surface area contributed by atoms with Crippen LogP contribution in [0, 0.1) is 0 Å². The zero-order valence-electron chi connectivity index (χ0n) is 15.5. The lowest BCUT2D eigenvalue weighted by Crippen LogP contribution is -2.22. The van der Waals surface area contributed by atoms with E-state index in [2.05, 4.69) is 15.3 Å². The van der Waals surface area contributed by atoms with Gasteiger partial charge < -0.3 is 14.6 Å². The van der Waals surface area contributed by atoms with Crippen molar-refractivity contribution in [3.8, 4) is 11.5 Å². The van der Waals surface area contributed by atoms with Crippen molar-refractivity contribution in [2.75, 3.05) is 14.2 Å². The van der Waals surface area contributed by atoms with E-state index in [0.29, 0.717) is 40.8 Å². The molecule has 0 spiro atoms. The van der Waals surface area contributed by atoms with Gasteiger partial charge in [-0.05, 0) is 36.2 Å². The molecular formula is C20H19ClN4O3. The van der Waals surface area contributed by atoms with Gasteiger partial charge in [-0.3, -0.25) is 9.78 Å². The number of methoxy groups -OCH3 is 1. The summed E-state index contributed by atoms with van der Waals surface area (Å²) in [5, 5.41) is 3.29. The number of amides is 1. The highest BCUT2D eigenvalue weighted by molar-refractivity contribution is 6.30. The fourth-order valence-corrected chi connectivity index (χ4v) is 2.93. The van der Waals surface area contributed by atoms with Crippen LogP contribution in [0.5, 0.6) is 0 Å². The van der Waals surface area contributed by atoms with Crippen molar-refractivity contribution in [3.05, 3.63) is 70.6 Å². The van der Waals surface area contributed by atoms with Crippen LogP contribution in [0.2, 0.25) is 5.02 Å². The standard InChI is InChI=1S/C20H19ClN4O3/c1-22-19(26)17-12-24-18(16-11-14(7-9-23-16)20(27)28-2)25(17)10-8-13-3-5-15(21)6-4-13/h3-7,9,11-12H,8,10H2,1-2H3,(H,22,26). The van der Waals surface area contributed by atoms with Gasteiger partial charge in [0.25, 0.3) is 5.91 Å². The van der Waals surface area contributed by atoms with E-state index in [-0.39, 0.29) is 5.91 Å². The second-order valence-corrected chi connectivity index (χ2v) is 6.43. The molecule has 28 heavy (non-hydrogen) atoms. The molecule has 0 saturated heterocycles. The van der Waals surface area contributed by atoms with E-state index >= 15 is 0 Å². The number of aryl methyl sites for hydroxylation is 1. The molecule has 144 valence electrons. The second kappa shape index (κ2) is 8.67. The van der Waals surface area contributed by atoms with E-state index in [0.717, 1.165) is 5.56 Å². The first kappa shape index (κ1) is 19.6. The van der Waals surface area contributed by atoms with Crippen LogP contribution >= 0.6 is 11.6 Å². The van der Waals surface area contributed by atoms with Gasteiger partial charge in [-0.15, -0.1) is 0 Å². The van der Waals surface area contributed by atoms with Crippen molar-refractivity contribution in [2.24, 2.45) is 0 Å². The second-order valence-electron chi connectivity index (χ2n) is 6.00.